The SMILES string of the molecule is CC(C)(C)CCC/C(N)=N/C#N. The van der Waals surface area contributed by atoms with Crippen molar-refractivity contribution in [3.8, 4) is 6.19 Å². The van der Waals surface area contributed by atoms with Gasteiger partial charge in [-0.05, 0) is 18.3 Å². The number of nitriles is 1. The van der Waals surface area contributed by atoms with E-state index in [1.165, 1.54) is 0 Å². The van der Waals surface area contributed by atoms with Crippen molar-refractivity contribution in [2.24, 2.45) is 16.1 Å². The van der Waals surface area contributed by atoms with E-state index in [1.807, 2.05) is 0 Å². The summed E-state index contributed by atoms with van der Waals surface area (Å²) in [5, 5.41) is 8.18. The largest absolute Gasteiger partial charge is 0.386 e. The van der Waals surface area contributed by atoms with Crippen molar-refractivity contribution in [2.45, 2.75) is 40.0 Å². The first-order valence-corrected chi connectivity index (χ1v) is 4.17. The number of aliphatic imine (C=N–C) groups is 1. The lowest BCUT2D eigenvalue weighted by molar-refractivity contribution is 0.368. The summed E-state index contributed by atoms with van der Waals surface area (Å²) in [6.45, 7) is 6.56. The minimum atomic E-state index is 0.340. The minimum Gasteiger partial charge on any atom is -0.386 e. The maximum Gasteiger partial charge on any atom is 0.207 e. The number of nitrogens with zero attached hydrogens (tertiary/aromatic N) is 2. The molecule has 0 aromatic rings. The summed E-state index contributed by atoms with van der Waals surface area (Å²) >= 11 is 0. The predicted octanol–water partition coefficient (Wildman–Crippen LogP) is 2.04. The van der Waals surface area contributed by atoms with Crippen molar-refractivity contribution in [1.82, 2.24) is 0 Å². The van der Waals surface area contributed by atoms with Crippen LogP contribution < -0.4 is 5.73 Å². The summed E-state index contributed by atoms with van der Waals surface area (Å²) in [4.78, 5) is 3.44. The van der Waals surface area contributed by atoms with E-state index in [4.69, 9.17) is 11.0 Å². The van der Waals surface area contributed by atoms with Crippen molar-refractivity contribution >= 4 is 5.84 Å². The first kappa shape index (κ1) is 11.0. The Kier molecular flexibility index (Phi) is 4.35. The molecule has 0 saturated carbocycles. The van der Waals surface area contributed by atoms with Gasteiger partial charge < -0.3 is 5.73 Å². The molecule has 0 aliphatic rings. The van der Waals surface area contributed by atoms with E-state index >= 15 is 0 Å². The molecule has 0 fully saturated rings. The summed E-state index contributed by atoms with van der Waals surface area (Å²) in [5.41, 5.74) is 5.78. The highest BCUT2D eigenvalue weighted by Crippen LogP contribution is 2.21. The molecule has 0 aliphatic carbocycles. The molecular formula is C9H17N3. The van der Waals surface area contributed by atoms with E-state index in [0.717, 1.165) is 19.3 Å². The topological polar surface area (TPSA) is 62.2 Å². The zero-order valence-electron chi connectivity index (χ0n) is 8.09. The fourth-order valence-electron chi connectivity index (χ4n) is 0.920. The van der Waals surface area contributed by atoms with Gasteiger partial charge in [0, 0.05) is 6.42 Å². The Morgan fingerprint density at radius 2 is 2.08 bits per heavy atom. The molecule has 0 heterocycles. The van der Waals surface area contributed by atoms with Crippen molar-refractivity contribution in [1.29, 1.82) is 5.26 Å². The number of nitrogens with two attached hydrogens (primary N) is 1. The van der Waals surface area contributed by atoms with Crippen LogP contribution in [0.1, 0.15) is 40.0 Å². The molecule has 0 aromatic heterocycles. The van der Waals surface area contributed by atoms with E-state index in [-0.39, 0.29) is 0 Å². The molecule has 0 aromatic carbocycles. The average Bonchev–Trinajstić information content (AvgIpc) is 1.84. The van der Waals surface area contributed by atoms with Crippen LogP contribution in [0, 0.1) is 16.9 Å². The Balaban J connectivity index is 3.59. The van der Waals surface area contributed by atoms with Crippen molar-refractivity contribution < 1.29 is 0 Å². The highest BCUT2D eigenvalue weighted by molar-refractivity contribution is 5.80. The molecule has 0 aliphatic heterocycles. The van der Waals surface area contributed by atoms with Gasteiger partial charge in [0.2, 0.25) is 6.19 Å². The maximum absolute atomic E-state index is 8.18. The molecule has 68 valence electrons. The first-order chi connectivity index (χ1) is 5.45. The molecule has 0 saturated heterocycles. The van der Waals surface area contributed by atoms with Gasteiger partial charge in [0.15, 0.2) is 0 Å². The molecule has 0 bridgehead atoms. The number of rotatable bonds is 3. The highest BCUT2D eigenvalue weighted by Gasteiger charge is 2.09. The van der Waals surface area contributed by atoms with Gasteiger partial charge in [0.25, 0.3) is 0 Å². The molecule has 0 unspecified atom stereocenters. The van der Waals surface area contributed by atoms with Gasteiger partial charge in [-0.15, -0.1) is 0 Å². The Bertz CT molecular complexity index is 193. The van der Waals surface area contributed by atoms with E-state index in [9.17, 15) is 0 Å². The number of amidine groups is 1. The van der Waals surface area contributed by atoms with Gasteiger partial charge in [0.05, 0.1) is 0 Å². The second-order valence-corrected chi connectivity index (χ2v) is 4.12. The molecular weight excluding hydrogens is 150 g/mol. The Morgan fingerprint density at radius 3 is 2.50 bits per heavy atom. The Hall–Kier alpha value is -1.04. The third-order valence-electron chi connectivity index (χ3n) is 1.55. The van der Waals surface area contributed by atoms with Crippen LogP contribution in [-0.2, 0) is 0 Å². The van der Waals surface area contributed by atoms with Gasteiger partial charge >= 0.3 is 0 Å². The van der Waals surface area contributed by atoms with Crippen LogP contribution in [-0.4, -0.2) is 5.84 Å². The van der Waals surface area contributed by atoms with Crippen LogP contribution in [0.25, 0.3) is 0 Å². The van der Waals surface area contributed by atoms with Gasteiger partial charge in [-0.2, -0.15) is 10.3 Å². The monoisotopic (exact) mass is 167 g/mol. The zero-order chi connectivity index (χ0) is 9.61. The summed E-state index contributed by atoms with van der Waals surface area (Å²) in [5.74, 6) is 0.446. The van der Waals surface area contributed by atoms with Crippen molar-refractivity contribution in [2.75, 3.05) is 0 Å². The van der Waals surface area contributed by atoms with Crippen LogP contribution in [0.2, 0.25) is 0 Å². The normalized spacial score (nSPS) is 12.7. The molecule has 12 heavy (non-hydrogen) atoms. The summed E-state index contributed by atoms with van der Waals surface area (Å²) in [7, 11) is 0. The summed E-state index contributed by atoms with van der Waals surface area (Å²) in [6.07, 6.45) is 4.51. The molecule has 0 rings (SSSR count). The average molecular weight is 167 g/mol. The lowest BCUT2D eigenvalue weighted by Gasteiger charge is -2.16. The smallest absolute Gasteiger partial charge is 0.207 e. The third-order valence-corrected chi connectivity index (χ3v) is 1.55. The lowest BCUT2D eigenvalue weighted by atomic mass is 9.90. The third kappa shape index (κ3) is 7.07. The van der Waals surface area contributed by atoms with Crippen molar-refractivity contribution in [3.05, 3.63) is 0 Å². The van der Waals surface area contributed by atoms with Crippen LogP contribution in [0.5, 0.6) is 0 Å². The Labute approximate surface area is 74.3 Å². The van der Waals surface area contributed by atoms with E-state index in [2.05, 4.69) is 25.8 Å². The molecule has 3 heteroatoms. The fraction of sp³-hybridized carbons (Fsp3) is 0.778. The first-order valence-electron chi connectivity index (χ1n) is 4.17. The minimum absolute atomic E-state index is 0.340. The van der Waals surface area contributed by atoms with Crippen molar-refractivity contribution in [3.63, 3.8) is 0 Å². The predicted molar refractivity (Wildman–Crippen MR) is 50.5 cm³/mol. The fourth-order valence-corrected chi connectivity index (χ4v) is 0.920. The van der Waals surface area contributed by atoms with E-state index in [1.54, 1.807) is 6.19 Å². The van der Waals surface area contributed by atoms with E-state index in [0.29, 0.717) is 11.3 Å². The molecule has 3 nitrogen and oxygen atoms in total. The Morgan fingerprint density at radius 1 is 1.50 bits per heavy atom. The molecule has 0 amide bonds. The highest BCUT2D eigenvalue weighted by atomic mass is 14.8. The standard InChI is InChI=1S/C9H17N3/c1-9(2,3)6-4-5-8(11)12-7-10/h4-6H2,1-3H3,(H2,11,12). The van der Waals surface area contributed by atoms with Gasteiger partial charge in [-0.25, -0.2) is 0 Å². The molecule has 0 radical (unpaired) electrons. The molecule has 0 spiro atoms. The summed E-state index contributed by atoms with van der Waals surface area (Å²) in [6, 6.07) is 0. The second-order valence-electron chi connectivity index (χ2n) is 4.12. The molecule has 2 N–H and O–H groups in total. The number of hydrogen-bond acceptors (Lipinski definition) is 2. The molecule has 0 atom stereocenters. The van der Waals surface area contributed by atoms with E-state index < -0.39 is 0 Å². The van der Waals surface area contributed by atoms with Crippen LogP contribution in [0.15, 0.2) is 4.99 Å². The van der Waals surface area contributed by atoms with Crippen LogP contribution >= 0.6 is 0 Å². The van der Waals surface area contributed by atoms with Gasteiger partial charge in [-0.1, -0.05) is 20.8 Å². The van der Waals surface area contributed by atoms with Gasteiger partial charge in [0.1, 0.15) is 5.84 Å². The second kappa shape index (κ2) is 4.76. The zero-order valence-corrected chi connectivity index (χ0v) is 8.09. The van der Waals surface area contributed by atoms with Gasteiger partial charge in [-0.3, -0.25) is 0 Å². The lowest BCUT2D eigenvalue weighted by Crippen LogP contribution is -2.12. The van der Waals surface area contributed by atoms with Crippen LogP contribution in [0.3, 0.4) is 0 Å². The quantitative estimate of drug-likeness (QED) is 0.397. The number of hydrogen-bond donors (Lipinski definition) is 1. The summed E-state index contributed by atoms with van der Waals surface area (Å²) < 4.78 is 0. The maximum atomic E-state index is 8.18. The van der Waals surface area contributed by atoms with Crippen LogP contribution in [0.4, 0.5) is 0 Å².